The summed E-state index contributed by atoms with van der Waals surface area (Å²) in [4.78, 5) is 16.8. The molecule has 1 aliphatic carbocycles. The van der Waals surface area contributed by atoms with Crippen LogP contribution in [0.4, 0.5) is 5.82 Å². The highest BCUT2D eigenvalue weighted by Crippen LogP contribution is 2.36. The van der Waals surface area contributed by atoms with Crippen molar-refractivity contribution in [3.05, 3.63) is 48.7 Å². The van der Waals surface area contributed by atoms with E-state index in [1.165, 1.54) is 0 Å². The fourth-order valence-electron chi connectivity index (χ4n) is 4.21. The zero-order valence-corrected chi connectivity index (χ0v) is 18.5. The van der Waals surface area contributed by atoms with Gasteiger partial charge in [-0.3, -0.25) is 9.20 Å². The summed E-state index contributed by atoms with van der Waals surface area (Å²) in [7, 11) is 0. The van der Waals surface area contributed by atoms with Crippen LogP contribution in [0.5, 0.6) is 5.75 Å². The number of anilines is 1. The summed E-state index contributed by atoms with van der Waals surface area (Å²) in [6.45, 7) is 11.2. The Labute approximate surface area is 178 Å². The molecule has 0 saturated heterocycles. The number of pyridine rings is 1. The number of hydrogen-bond acceptors (Lipinski definition) is 4. The quantitative estimate of drug-likeness (QED) is 0.407. The van der Waals surface area contributed by atoms with Gasteiger partial charge < -0.3 is 10.1 Å². The molecule has 0 aliphatic heterocycles. The molecule has 2 aromatic heterocycles. The van der Waals surface area contributed by atoms with Gasteiger partial charge in [0.05, 0.1) is 5.92 Å². The van der Waals surface area contributed by atoms with Crippen molar-refractivity contribution in [3.8, 4) is 17.0 Å². The summed E-state index contributed by atoms with van der Waals surface area (Å²) >= 11 is 0. The number of carbonyl (C=O) groups excluding carboxylic acids is 1. The summed E-state index contributed by atoms with van der Waals surface area (Å²) in [6, 6.07) is 13.7. The van der Waals surface area contributed by atoms with E-state index in [1.54, 1.807) is 0 Å². The van der Waals surface area contributed by atoms with Crippen LogP contribution in [0.25, 0.3) is 16.9 Å². The number of rotatable bonds is 6. The van der Waals surface area contributed by atoms with Gasteiger partial charge in [-0.1, -0.05) is 26.8 Å². The number of hydrogen-bond donors (Lipinski definition) is 1. The Morgan fingerprint density at radius 1 is 1.10 bits per heavy atom. The molecule has 1 N–H and O–H groups in total. The summed E-state index contributed by atoms with van der Waals surface area (Å²) in [6.07, 6.45) is 4.93. The standard InChI is InChI=1S/C25H31N3O2/c1-24(2,3)16-25(4,5)27-22-21(26-20-8-6-7-15-28(20)22)17-11-13-19(14-12-17)30-23(29)18-9-10-18/h6-8,11-15,18,27H,9-10,16H2,1-5H3. The van der Waals surface area contributed by atoms with E-state index in [0.717, 1.165) is 42.0 Å². The maximum absolute atomic E-state index is 11.9. The second-order valence-corrected chi connectivity index (χ2v) is 10.2. The third-order valence-corrected chi connectivity index (χ3v) is 5.22. The lowest BCUT2D eigenvalue weighted by molar-refractivity contribution is -0.135. The van der Waals surface area contributed by atoms with Gasteiger partial charge in [0, 0.05) is 17.3 Å². The Morgan fingerprint density at radius 3 is 2.43 bits per heavy atom. The second kappa shape index (κ2) is 7.46. The van der Waals surface area contributed by atoms with Crippen molar-refractivity contribution in [2.24, 2.45) is 11.3 Å². The molecule has 1 aromatic carbocycles. The molecule has 4 rings (SSSR count). The average Bonchev–Trinajstić information content (AvgIpc) is 3.44. The first-order valence-corrected chi connectivity index (χ1v) is 10.7. The highest BCUT2D eigenvalue weighted by Gasteiger charge is 2.32. The van der Waals surface area contributed by atoms with Crippen molar-refractivity contribution in [1.82, 2.24) is 9.38 Å². The number of aromatic nitrogens is 2. The minimum absolute atomic E-state index is 0.0870. The molecule has 30 heavy (non-hydrogen) atoms. The number of benzene rings is 1. The number of nitrogens with zero attached hydrogens (tertiary/aromatic N) is 2. The van der Waals surface area contributed by atoms with Crippen LogP contribution >= 0.6 is 0 Å². The van der Waals surface area contributed by atoms with Gasteiger partial charge in [-0.2, -0.15) is 0 Å². The van der Waals surface area contributed by atoms with Crippen LogP contribution in [0.15, 0.2) is 48.7 Å². The van der Waals surface area contributed by atoms with Crippen molar-refractivity contribution in [2.45, 2.75) is 59.4 Å². The minimum atomic E-state index is -0.123. The van der Waals surface area contributed by atoms with Crippen LogP contribution in [0.2, 0.25) is 0 Å². The summed E-state index contributed by atoms with van der Waals surface area (Å²) in [5, 5.41) is 3.75. The maximum atomic E-state index is 11.9. The molecule has 0 spiro atoms. The fraction of sp³-hybridized carbons (Fsp3) is 0.440. The summed E-state index contributed by atoms with van der Waals surface area (Å²) < 4.78 is 7.57. The molecule has 0 radical (unpaired) electrons. The average molecular weight is 406 g/mol. The van der Waals surface area contributed by atoms with Crippen molar-refractivity contribution >= 4 is 17.4 Å². The Hall–Kier alpha value is -2.82. The van der Waals surface area contributed by atoms with Gasteiger partial charge in [-0.05, 0) is 74.9 Å². The molecule has 0 unspecified atom stereocenters. The molecule has 5 heteroatoms. The van der Waals surface area contributed by atoms with E-state index < -0.39 is 0 Å². The third-order valence-electron chi connectivity index (χ3n) is 5.22. The van der Waals surface area contributed by atoms with Crippen LogP contribution in [-0.2, 0) is 4.79 Å². The lowest BCUT2D eigenvalue weighted by Gasteiger charge is -2.34. The largest absolute Gasteiger partial charge is 0.426 e. The SMILES string of the molecule is CC(C)(C)CC(C)(C)Nc1c(-c2ccc(OC(=O)C3CC3)cc2)nc2ccccn12. The first kappa shape index (κ1) is 20.5. The van der Waals surface area contributed by atoms with Gasteiger partial charge in [0.2, 0.25) is 0 Å². The number of ether oxygens (including phenoxy) is 1. The molecule has 1 saturated carbocycles. The van der Waals surface area contributed by atoms with Crippen LogP contribution in [0.1, 0.15) is 53.9 Å². The predicted octanol–water partition coefficient (Wildman–Crippen LogP) is 5.94. The van der Waals surface area contributed by atoms with Crippen LogP contribution in [0.3, 0.4) is 0 Å². The Bertz CT molecular complexity index is 1050. The Morgan fingerprint density at radius 2 is 1.80 bits per heavy atom. The molecule has 1 fully saturated rings. The number of imidazole rings is 1. The van der Waals surface area contributed by atoms with Crippen molar-refractivity contribution in [1.29, 1.82) is 0 Å². The highest BCUT2D eigenvalue weighted by atomic mass is 16.5. The summed E-state index contributed by atoms with van der Waals surface area (Å²) in [5.74, 6) is 1.52. The predicted molar refractivity (Wildman–Crippen MR) is 121 cm³/mol. The minimum Gasteiger partial charge on any atom is -0.426 e. The van der Waals surface area contributed by atoms with Crippen molar-refractivity contribution in [2.75, 3.05) is 5.32 Å². The Kier molecular flexibility index (Phi) is 5.08. The van der Waals surface area contributed by atoms with E-state index >= 15 is 0 Å². The van der Waals surface area contributed by atoms with Crippen molar-refractivity contribution in [3.63, 3.8) is 0 Å². The lowest BCUT2D eigenvalue weighted by Crippen LogP contribution is -2.36. The molecule has 0 atom stereocenters. The first-order chi connectivity index (χ1) is 14.1. The van der Waals surface area contributed by atoms with Gasteiger partial charge in [0.1, 0.15) is 22.9 Å². The number of carbonyl (C=O) groups is 1. The van der Waals surface area contributed by atoms with Gasteiger partial charge in [-0.15, -0.1) is 0 Å². The second-order valence-electron chi connectivity index (χ2n) is 10.2. The summed E-state index contributed by atoms with van der Waals surface area (Å²) in [5.41, 5.74) is 2.86. The van der Waals surface area contributed by atoms with Crippen LogP contribution in [0, 0.1) is 11.3 Å². The van der Waals surface area contributed by atoms with Crippen LogP contribution < -0.4 is 10.1 Å². The van der Waals surface area contributed by atoms with Crippen molar-refractivity contribution < 1.29 is 9.53 Å². The lowest BCUT2D eigenvalue weighted by atomic mass is 9.82. The molecular formula is C25H31N3O2. The van der Waals surface area contributed by atoms with Crippen LogP contribution in [-0.4, -0.2) is 20.9 Å². The molecule has 0 amide bonds. The van der Waals surface area contributed by atoms with Gasteiger partial charge >= 0.3 is 5.97 Å². The first-order valence-electron chi connectivity index (χ1n) is 10.7. The molecule has 158 valence electrons. The maximum Gasteiger partial charge on any atom is 0.314 e. The topological polar surface area (TPSA) is 55.6 Å². The van der Waals surface area contributed by atoms with E-state index in [0.29, 0.717) is 5.75 Å². The van der Waals surface area contributed by atoms with E-state index in [2.05, 4.69) is 44.3 Å². The van der Waals surface area contributed by atoms with Gasteiger partial charge in [0.15, 0.2) is 0 Å². The fourth-order valence-corrected chi connectivity index (χ4v) is 4.21. The molecule has 0 bridgehead atoms. The van der Waals surface area contributed by atoms with E-state index in [4.69, 9.17) is 9.72 Å². The zero-order valence-electron chi connectivity index (χ0n) is 18.5. The van der Waals surface area contributed by atoms with Gasteiger partial charge in [-0.25, -0.2) is 4.98 Å². The number of nitrogens with one attached hydrogen (secondary N) is 1. The molecular weight excluding hydrogens is 374 g/mol. The Balaban J connectivity index is 1.66. The van der Waals surface area contributed by atoms with E-state index in [1.807, 2.05) is 48.7 Å². The molecule has 5 nitrogen and oxygen atoms in total. The normalized spacial score (nSPS) is 14.7. The zero-order chi connectivity index (χ0) is 21.5. The highest BCUT2D eigenvalue weighted by molar-refractivity contribution is 5.79. The van der Waals surface area contributed by atoms with Gasteiger partial charge in [0.25, 0.3) is 0 Å². The monoisotopic (exact) mass is 405 g/mol. The molecule has 2 heterocycles. The number of esters is 1. The molecule has 3 aromatic rings. The number of fused-ring (bicyclic) bond motifs is 1. The third kappa shape index (κ3) is 4.66. The van der Waals surface area contributed by atoms with E-state index in [9.17, 15) is 4.79 Å². The van der Waals surface area contributed by atoms with E-state index in [-0.39, 0.29) is 22.8 Å². The molecule has 1 aliphatic rings. The smallest absolute Gasteiger partial charge is 0.314 e.